The van der Waals surface area contributed by atoms with Crippen LogP contribution in [0.2, 0.25) is 5.02 Å². The van der Waals surface area contributed by atoms with E-state index in [1.54, 1.807) is 25.1 Å². The van der Waals surface area contributed by atoms with Crippen molar-refractivity contribution >= 4 is 41.0 Å². The fraction of sp³-hybridized carbons (Fsp3) is 0.150. The average molecular weight is 402 g/mol. The quantitative estimate of drug-likeness (QED) is 0.589. The van der Waals surface area contributed by atoms with Gasteiger partial charge in [-0.05, 0) is 42.3 Å². The molecular formula is C20H16ClNO6. The van der Waals surface area contributed by atoms with Crippen molar-refractivity contribution in [2.45, 2.75) is 6.92 Å². The Morgan fingerprint density at radius 1 is 1.18 bits per heavy atom. The molecule has 0 saturated heterocycles. The molecule has 0 spiro atoms. The van der Waals surface area contributed by atoms with Gasteiger partial charge in [0.2, 0.25) is 0 Å². The van der Waals surface area contributed by atoms with Crippen LogP contribution in [0.4, 0.5) is 0 Å². The van der Waals surface area contributed by atoms with Crippen molar-refractivity contribution in [2.75, 3.05) is 13.2 Å². The summed E-state index contributed by atoms with van der Waals surface area (Å²) in [5.74, 6) is -2.76. The minimum atomic E-state index is -1.30. The summed E-state index contributed by atoms with van der Waals surface area (Å²) in [7, 11) is 0. The van der Waals surface area contributed by atoms with Crippen LogP contribution in [0.3, 0.4) is 0 Å². The van der Waals surface area contributed by atoms with E-state index in [9.17, 15) is 19.5 Å². The van der Waals surface area contributed by atoms with E-state index in [1.807, 2.05) is 0 Å². The molecule has 8 heteroatoms. The number of rotatable bonds is 5. The highest BCUT2D eigenvalue weighted by Crippen LogP contribution is 2.37. The largest absolute Gasteiger partial charge is 0.503 e. The molecule has 2 aromatic carbocycles. The van der Waals surface area contributed by atoms with E-state index in [0.29, 0.717) is 22.6 Å². The molecule has 0 saturated carbocycles. The van der Waals surface area contributed by atoms with Gasteiger partial charge in [0, 0.05) is 11.1 Å². The first-order valence-corrected chi connectivity index (χ1v) is 8.75. The standard InChI is InChI=1S/C20H16ClNO6/c1-2-28-16-9-11(8-15(21)18(16)25)7-14-12-5-3-4-6-13(12)19(26)22(20(14)27)10-17(23)24/h3-9,25H,2,10H2,1H3,(H,23,24)/b14-7-. The van der Waals surface area contributed by atoms with Crippen molar-refractivity contribution in [3.8, 4) is 11.5 Å². The Labute approximate surface area is 165 Å². The molecule has 0 atom stereocenters. The molecule has 28 heavy (non-hydrogen) atoms. The van der Waals surface area contributed by atoms with Crippen LogP contribution >= 0.6 is 11.6 Å². The van der Waals surface area contributed by atoms with Gasteiger partial charge in [0.25, 0.3) is 11.8 Å². The maximum absolute atomic E-state index is 12.9. The third-order valence-corrected chi connectivity index (χ3v) is 4.41. The lowest BCUT2D eigenvalue weighted by Crippen LogP contribution is -2.44. The first kappa shape index (κ1) is 19.4. The Kier molecular flexibility index (Phi) is 5.37. The molecule has 1 aliphatic rings. The number of amides is 2. The SMILES string of the molecule is CCOc1cc(/C=C2\C(=O)N(CC(=O)O)C(=O)c3ccccc32)cc(Cl)c1O. The summed E-state index contributed by atoms with van der Waals surface area (Å²) in [5, 5.41) is 19.1. The zero-order valence-corrected chi connectivity index (χ0v) is 15.6. The Hall–Kier alpha value is -3.32. The molecule has 1 heterocycles. The molecule has 0 radical (unpaired) electrons. The van der Waals surface area contributed by atoms with Crippen molar-refractivity contribution in [3.05, 3.63) is 58.1 Å². The minimum absolute atomic E-state index is 0.0350. The van der Waals surface area contributed by atoms with Gasteiger partial charge in [-0.2, -0.15) is 0 Å². The minimum Gasteiger partial charge on any atom is -0.503 e. The fourth-order valence-electron chi connectivity index (χ4n) is 2.93. The maximum Gasteiger partial charge on any atom is 0.323 e. The van der Waals surface area contributed by atoms with Gasteiger partial charge in [-0.15, -0.1) is 0 Å². The van der Waals surface area contributed by atoms with E-state index in [1.165, 1.54) is 24.3 Å². The Balaban J connectivity index is 2.16. The van der Waals surface area contributed by atoms with Gasteiger partial charge in [0.1, 0.15) is 6.54 Å². The van der Waals surface area contributed by atoms with Crippen molar-refractivity contribution < 1.29 is 29.3 Å². The van der Waals surface area contributed by atoms with Crippen LogP contribution in [0.1, 0.15) is 28.4 Å². The van der Waals surface area contributed by atoms with Crippen molar-refractivity contribution in [3.63, 3.8) is 0 Å². The molecule has 7 nitrogen and oxygen atoms in total. The molecule has 0 unspecified atom stereocenters. The highest BCUT2D eigenvalue weighted by atomic mass is 35.5. The number of aliphatic carboxylic acids is 1. The Bertz CT molecular complexity index is 1010. The van der Waals surface area contributed by atoms with Gasteiger partial charge < -0.3 is 14.9 Å². The van der Waals surface area contributed by atoms with E-state index < -0.39 is 24.3 Å². The zero-order chi connectivity index (χ0) is 20.4. The molecule has 0 fully saturated rings. The highest BCUT2D eigenvalue weighted by molar-refractivity contribution is 6.35. The first-order valence-electron chi connectivity index (χ1n) is 8.37. The number of halogens is 1. The van der Waals surface area contributed by atoms with Gasteiger partial charge in [0.05, 0.1) is 11.6 Å². The monoisotopic (exact) mass is 401 g/mol. The lowest BCUT2D eigenvalue weighted by atomic mass is 9.92. The number of phenols is 1. The van der Waals surface area contributed by atoms with Crippen LogP contribution in [0.15, 0.2) is 36.4 Å². The Morgan fingerprint density at radius 2 is 1.86 bits per heavy atom. The van der Waals surface area contributed by atoms with Gasteiger partial charge >= 0.3 is 5.97 Å². The normalized spacial score (nSPS) is 14.9. The van der Waals surface area contributed by atoms with Crippen LogP contribution in [0.5, 0.6) is 11.5 Å². The maximum atomic E-state index is 12.9. The lowest BCUT2D eigenvalue weighted by molar-refractivity contribution is -0.141. The van der Waals surface area contributed by atoms with Gasteiger partial charge in [-0.25, -0.2) is 0 Å². The number of imide groups is 1. The second kappa shape index (κ2) is 7.74. The van der Waals surface area contributed by atoms with Crippen LogP contribution in [0.25, 0.3) is 11.6 Å². The number of ether oxygens (including phenoxy) is 1. The van der Waals surface area contributed by atoms with Crippen LogP contribution in [0, 0.1) is 0 Å². The number of hydrogen-bond acceptors (Lipinski definition) is 5. The van der Waals surface area contributed by atoms with Gasteiger partial charge in [0.15, 0.2) is 11.5 Å². The van der Waals surface area contributed by atoms with E-state index >= 15 is 0 Å². The topological polar surface area (TPSA) is 104 Å². The smallest absolute Gasteiger partial charge is 0.323 e. The number of fused-ring (bicyclic) bond motifs is 1. The van der Waals surface area contributed by atoms with Gasteiger partial charge in [-0.1, -0.05) is 29.8 Å². The van der Waals surface area contributed by atoms with Crippen LogP contribution in [-0.4, -0.2) is 46.0 Å². The molecule has 144 valence electrons. The van der Waals surface area contributed by atoms with Gasteiger partial charge in [-0.3, -0.25) is 19.3 Å². The summed E-state index contributed by atoms with van der Waals surface area (Å²) in [6, 6.07) is 9.40. The third-order valence-electron chi connectivity index (χ3n) is 4.12. The lowest BCUT2D eigenvalue weighted by Gasteiger charge is -2.27. The molecule has 2 amide bonds. The number of carbonyl (C=O) groups is 3. The number of phenolic OH excluding ortho intramolecular Hbond substituents is 1. The van der Waals surface area contributed by atoms with E-state index in [2.05, 4.69) is 0 Å². The van der Waals surface area contributed by atoms with Crippen molar-refractivity contribution in [2.24, 2.45) is 0 Å². The highest BCUT2D eigenvalue weighted by Gasteiger charge is 2.35. The second-order valence-corrected chi connectivity index (χ2v) is 6.38. The van der Waals surface area contributed by atoms with E-state index in [4.69, 9.17) is 21.4 Å². The van der Waals surface area contributed by atoms with Crippen LogP contribution < -0.4 is 4.74 Å². The molecule has 3 rings (SSSR count). The first-order chi connectivity index (χ1) is 13.3. The second-order valence-electron chi connectivity index (χ2n) is 5.98. The summed E-state index contributed by atoms with van der Waals surface area (Å²) in [4.78, 5) is 37.2. The molecule has 0 bridgehead atoms. The number of carboxylic acid groups (broad SMARTS) is 1. The zero-order valence-electron chi connectivity index (χ0n) is 14.8. The number of benzene rings is 2. The predicted molar refractivity (Wildman–Crippen MR) is 102 cm³/mol. The summed E-state index contributed by atoms with van der Waals surface area (Å²) in [6.07, 6.45) is 1.48. The molecule has 1 aliphatic heterocycles. The molecule has 2 aromatic rings. The van der Waals surface area contributed by atoms with E-state index in [-0.39, 0.29) is 27.7 Å². The molecule has 0 aliphatic carbocycles. The molecule has 2 N–H and O–H groups in total. The van der Waals surface area contributed by atoms with Crippen molar-refractivity contribution in [1.82, 2.24) is 4.90 Å². The molecular weight excluding hydrogens is 386 g/mol. The average Bonchev–Trinajstić information content (AvgIpc) is 2.66. The molecule has 0 aromatic heterocycles. The Morgan fingerprint density at radius 3 is 2.50 bits per heavy atom. The van der Waals surface area contributed by atoms with Crippen LogP contribution in [-0.2, 0) is 9.59 Å². The number of carboxylic acids is 1. The van der Waals surface area contributed by atoms with Crippen molar-refractivity contribution in [1.29, 1.82) is 0 Å². The summed E-state index contributed by atoms with van der Waals surface area (Å²) in [6.45, 7) is 1.30. The number of aromatic hydroxyl groups is 1. The predicted octanol–water partition coefficient (Wildman–Crippen LogP) is 3.05. The fourth-order valence-corrected chi connectivity index (χ4v) is 3.15. The summed E-state index contributed by atoms with van der Waals surface area (Å²) >= 11 is 6.04. The number of carbonyl (C=O) groups excluding carboxylic acids is 2. The summed E-state index contributed by atoms with van der Waals surface area (Å²) < 4.78 is 5.34. The van der Waals surface area contributed by atoms with E-state index in [0.717, 1.165) is 0 Å². The number of hydrogen-bond donors (Lipinski definition) is 2. The summed E-state index contributed by atoms with van der Waals surface area (Å²) in [5.41, 5.74) is 1.21. The third kappa shape index (κ3) is 3.57. The number of nitrogens with zero attached hydrogens (tertiary/aromatic N) is 1.